The Morgan fingerprint density at radius 3 is 2.05 bits per heavy atom. The normalized spacial score (nSPS) is 11.5. The molecule has 0 saturated carbocycles. The van der Waals surface area contributed by atoms with Gasteiger partial charge in [-0.05, 0) is 47.9 Å². The lowest BCUT2D eigenvalue weighted by molar-refractivity contribution is 0.235. The Balaban J connectivity index is 2.95. The number of likely N-dealkylation sites (N-methyl/N-ethyl adjacent to an activating group) is 1. The van der Waals surface area contributed by atoms with Crippen LogP contribution in [0.3, 0.4) is 0 Å². The van der Waals surface area contributed by atoms with Crippen molar-refractivity contribution < 1.29 is 4.79 Å². The maximum Gasteiger partial charge on any atom is 0.289 e. The number of benzene rings is 1. The van der Waals surface area contributed by atoms with Crippen LogP contribution in [-0.2, 0) is 11.8 Å². The lowest BCUT2D eigenvalue weighted by Crippen LogP contribution is -2.23. The highest BCUT2D eigenvalue weighted by Crippen LogP contribution is 2.27. The van der Waals surface area contributed by atoms with E-state index in [2.05, 4.69) is 62.7 Å². The van der Waals surface area contributed by atoms with Gasteiger partial charge in [0, 0.05) is 29.5 Å². The van der Waals surface area contributed by atoms with Crippen LogP contribution in [-0.4, -0.2) is 23.3 Å². The summed E-state index contributed by atoms with van der Waals surface area (Å²) in [5, 5.41) is 0. The average Bonchev–Trinajstić information content (AvgIpc) is 2.25. The molecule has 1 rings (SSSR count). The minimum atomic E-state index is -0.0610. The second-order valence-corrected chi connectivity index (χ2v) is 6.94. The Hall–Kier alpha value is -0.830. The van der Waals surface area contributed by atoms with Gasteiger partial charge in [0.15, 0.2) is 0 Å². The lowest BCUT2D eigenvalue weighted by atomic mass is 9.83. The van der Waals surface area contributed by atoms with Crippen molar-refractivity contribution >= 4 is 20.7 Å². The molecule has 0 N–H and O–H groups in total. The molecule has 19 heavy (non-hydrogen) atoms. The van der Waals surface area contributed by atoms with E-state index in [-0.39, 0.29) is 10.2 Å². The van der Waals surface area contributed by atoms with Gasteiger partial charge in [-0.25, -0.2) is 0 Å². The van der Waals surface area contributed by atoms with Crippen LogP contribution in [0.1, 0.15) is 43.0 Å². The van der Waals surface area contributed by atoms with Crippen molar-refractivity contribution in [2.75, 3.05) is 13.6 Å². The fourth-order valence-corrected chi connectivity index (χ4v) is 2.37. The molecule has 0 radical (unpaired) electrons. The summed E-state index contributed by atoms with van der Waals surface area (Å²) in [7, 11) is 1.81. The molecule has 0 heterocycles. The van der Waals surface area contributed by atoms with Gasteiger partial charge in [0.1, 0.15) is 0 Å². The number of carbonyl (C=O) groups is 1. The van der Waals surface area contributed by atoms with Crippen molar-refractivity contribution in [2.45, 2.75) is 46.5 Å². The summed E-state index contributed by atoms with van der Waals surface area (Å²) in [6.07, 6.45) is 0.899. The summed E-state index contributed by atoms with van der Waals surface area (Å²) in [5.74, 6) is 0. The summed E-state index contributed by atoms with van der Waals surface area (Å²) in [6, 6.07) is 4.55. The molecule has 0 aromatic heterocycles. The van der Waals surface area contributed by atoms with Crippen LogP contribution in [0.2, 0.25) is 0 Å². The van der Waals surface area contributed by atoms with Gasteiger partial charge < -0.3 is 4.90 Å². The van der Waals surface area contributed by atoms with E-state index in [0.717, 1.165) is 13.0 Å². The molecule has 0 aliphatic rings. The molecule has 106 valence electrons. The second kappa shape index (κ2) is 6.08. The van der Waals surface area contributed by atoms with Crippen LogP contribution < -0.4 is 0 Å². The molecule has 2 nitrogen and oxygen atoms in total. The minimum absolute atomic E-state index is 0.0610. The van der Waals surface area contributed by atoms with E-state index in [9.17, 15) is 4.79 Å². The van der Waals surface area contributed by atoms with Gasteiger partial charge in [-0.1, -0.05) is 32.9 Å². The number of rotatable bonds is 3. The Labute approximate surface area is 125 Å². The van der Waals surface area contributed by atoms with Crippen molar-refractivity contribution in [2.24, 2.45) is 0 Å². The van der Waals surface area contributed by atoms with E-state index in [0.29, 0.717) is 0 Å². The summed E-state index contributed by atoms with van der Waals surface area (Å²) in [6.45, 7) is 11.8. The predicted octanol–water partition coefficient (Wildman–Crippen LogP) is 4.59. The fourth-order valence-electron chi connectivity index (χ4n) is 2.19. The van der Waals surface area contributed by atoms with Crippen molar-refractivity contribution in [1.29, 1.82) is 0 Å². The summed E-state index contributed by atoms with van der Waals surface area (Å²) >= 11 is 2.98. The van der Waals surface area contributed by atoms with Gasteiger partial charge in [0.25, 0.3) is 4.82 Å². The largest absolute Gasteiger partial charge is 0.336 e. The van der Waals surface area contributed by atoms with E-state index >= 15 is 0 Å². The Bertz CT molecular complexity index is 451. The fraction of sp³-hybridized carbons (Fsp3) is 0.562. The molecule has 0 spiro atoms. The van der Waals surface area contributed by atoms with Gasteiger partial charge in [0.05, 0.1) is 0 Å². The Kier molecular flexibility index (Phi) is 5.19. The lowest BCUT2D eigenvalue weighted by Gasteiger charge is -2.23. The zero-order valence-electron chi connectivity index (χ0n) is 12.8. The van der Waals surface area contributed by atoms with E-state index < -0.39 is 0 Å². The van der Waals surface area contributed by atoms with Gasteiger partial charge in [-0.2, -0.15) is 0 Å². The average molecular weight is 326 g/mol. The molecule has 0 aliphatic carbocycles. The van der Waals surface area contributed by atoms with Crippen molar-refractivity contribution in [3.63, 3.8) is 0 Å². The topological polar surface area (TPSA) is 20.3 Å². The third kappa shape index (κ3) is 4.34. The van der Waals surface area contributed by atoms with Crippen LogP contribution in [0, 0.1) is 13.8 Å². The number of hydrogen-bond donors (Lipinski definition) is 0. The molecule has 0 fully saturated rings. The Morgan fingerprint density at radius 2 is 1.68 bits per heavy atom. The van der Waals surface area contributed by atoms with Crippen molar-refractivity contribution in [3.05, 3.63) is 34.4 Å². The van der Waals surface area contributed by atoms with Crippen LogP contribution >= 0.6 is 15.9 Å². The molecule has 0 aliphatic heterocycles. The van der Waals surface area contributed by atoms with Gasteiger partial charge in [0.2, 0.25) is 0 Å². The van der Waals surface area contributed by atoms with Crippen molar-refractivity contribution in [3.8, 4) is 0 Å². The SMILES string of the molecule is Cc1cc(C(C)(C)C)cc(C)c1CCN(C)C(=O)Br. The highest BCUT2D eigenvalue weighted by Gasteiger charge is 2.16. The smallest absolute Gasteiger partial charge is 0.289 e. The van der Waals surface area contributed by atoms with Gasteiger partial charge in [-0.3, -0.25) is 4.79 Å². The zero-order valence-corrected chi connectivity index (χ0v) is 14.4. The predicted molar refractivity (Wildman–Crippen MR) is 85.3 cm³/mol. The first-order valence-electron chi connectivity index (χ1n) is 6.64. The molecule has 1 aromatic carbocycles. The van der Waals surface area contributed by atoms with Gasteiger partial charge >= 0.3 is 0 Å². The Morgan fingerprint density at radius 1 is 1.21 bits per heavy atom. The number of aryl methyl sites for hydroxylation is 2. The highest BCUT2D eigenvalue weighted by molar-refractivity contribution is 9.18. The number of carbonyl (C=O) groups excluding carboxylic acids is 1. The van der Waals surface area contributed by atoms with E-state index in [1.165, 1.54) is 22.3 Å². The first-order chi connectivity index (χ1) is 8.62. The third-order valence-electron chi connectivity index (χ3n) is 3.56. The molecule has 0 atom stereocenters. The standard InChI is InChI=1S/C16H24BrNO/c1-11-9-13(16(3,4)5)10-12(2)14(11)7-8-18(6)15(17)19/h9-10H,7-8H2,1-6H3. The van der Waals surface area contributed by atoms with Gasteiger partial charge in [-0.15, -0.1) is 0 Å². The van der Waals surface area contributed by atoms with Crippen molar-refractivity contribution in [1.82, 2.24) is 4.90 Å². The third-order valence-corrected chi connectivity index (χ3v) is 4.16. The van der Waals surface area contributed by atoms with E-state index in [1.807, 2.05) is 7.05 Å². The van der Waals surface area contributed by atoms with Crippen LogP contribution in [0.5, 0.6) is 0 Å². The first-order valence-corrected chi connectivity index (χ1v) is 7.43. The summed E-state index contributed by atoms with van der Waals surface area (Å²) in [5.41, 5.74) is 5.54. The molecule has 0 bridgehead atoms. The monoisotopic (exact) mass is 325 g/mol. The molecule has 0 saturated heterocycles. The van der Waals surface area contributed by atoms with Crippen LogP contribution in [0.25, 0.3) is 0 Å². The highest BCUT2D eigenvalue weighted by atomic mass is 79.9. The van der Waals surface area contributed by atoms with Crippen LogP contribution in [0.4, 0.5) is 4.79 Å². The molecular weight excluding hydrogens is 302 g/mol. The van der Waals surface area contributed by atoms with E-state index in [4.69, 9.17) is 0 Å². The molecule has 1 aromatic rings. The molecular formula is C16H24BrNO. The number of amides is 1. The number of halogens is 1. The second-order valence-electron chi connectivity index (χ2n) is 6.26. The van der Waals surface area contributed by atoms with Crippen LogP contribution in [0.15, 0.2) is 12.1 Å². The minimum Gasteiger partial charge on any atom is -0.336 e. The first kappa shape index (κ1) is 16.2. The summed E-state index contributed by atoms with van der Waals surface area (Å²) in [4.78, 5) is 12.8. The molecule has 3 heteroatoms. The number of hydrogen-bond acceptors (Lipinski definition) is 1. The maximum atomic E-state index is 11.2. The molecule has 0 unspecified atom stereocenters. The zero-order chi connectivity index (χ0) is 14.8. The van der Waals surface area contributed by atoms with E-state index in [1.54, 1.807) is 4.90 Å². The summed E-state index contributed by atoms with van der Waals surface area (Å²) < 4.78 is 0. The molecule has 1 amide bonds. The quantitative estimate of drug-likeness (QED) is 0.588. The maximum absolute atomic E-state index is 11.2. The number of nitrogens with zero attached hydrogens (tertiary/aromatic N) is 1.